The minimum Gasteiger partial charge on any atom is -0.354 e. The number of piperazine rings is 1. The molecule has 1 heterocycles. The number of carbonyl (C=O) groups is 1. The maximum absolute atomic E-state index is 12.5. The molecule has 4 heteroatoms. The number of amides is 1. The second-order valence-electron chi connectivity index (χ2n) is 6.73. The zero-order chi connectivity index (χ0) is 13.9. The molecule has 0 radical (unpaired) electrons. The molecule has 19 heavy (non-hydrogen) atoms. The van der Waals surface area contributed by atoms with E-state index in [4.69, 9.17) is 0 Å². The van der Waals surface area contributed by atoms with Crippen molar-refractivity contribution in [3.8, 4) is 0 Å². The smallest absolute Gasteiger partial charge is 0.239 e. The van der Waals surface area contributed by atoms with Gasteiger partial charge in [0, 0.05) is 32.7 Å². The Morgan fingerprint density at radius 2 is 1.95 bits per heavy atom. The fourth-order valence-corrected chi connectivity index (χ4v) is 3.07. The molecule has 1 saturated heterocycles. The lowest BCUT2D eigenvalue weighted by molar-refractivity contribution is -0.132. The summed E-state index contributed by atoms with van der Waals surface area (Å²) in [6.07, 6.45) is 5.04. The van der Waals surface area contributed by atoms with Crippen molar-refractivity contribution in [2.24, 2.45) is 5.41 Å². The molecule has 0 unspecified atom stereocenters. The first kappa shape index (κ1) is 14.8. The summed E-state index contributed by atoms with van der Waals surface area (Å²) in [6.45, 7) is 11.1. The van der Waals surface area contributed by atoms with Gasteiger partial charge < -0.3 is 10.6 Å². The topological polar surface area (TPSA) is 44.4 Å². The van der Waals surface area contributed by atoms with Crippen LogP contribution in [0.4, 0.5) is 0 Å². The third-order valence-electron chi connectivity index (χ3n) is 4.82. The van der Waals surface area contributed by atoms with Crippen LogP contribution >= 0.6 is 0 Å². The van der Waals surface area contributed by atoms with Gasteiger partial charge in [0.1, 0.15) is 0 Å². The van der Waals surface area contributed by atoms with E-state index in [9.17, 15) is 4.79 Å². The fraction of sp³-hybridized carbons (Fsp3) is 0.933. The second-order valence-corrected chi connectivity index (χ2v) is 6.73. The van der Waals surface area contributed by atoms with Crippen molar-refractivity contribution in [1.29, 1.82) is 0 Å². The van der Waals surface area contributed by atoms with Crippen LogP contribution in [0.1, 0.15) is 46.5 Å². The van der Waals surface area contributed by atoms with E-state index in [0.29, 0.717) is 5.41 Å². The van der Waals surface area contributed by atoms with Crippen molar-refractivity contribution in [3.63, 3.8) is 0 Å². The number of nitrogens with one attached hydrogen (secondary N) is 2. The summed E-state index contributed by atoms with van der Waals surface area (Å²) in [5.41, 5.74) is 0.0499. The van der Waals surface area contributed by atoms with Crippen LogP contribution in [-0.4, -0.2) is 49.1 Å². The summed E-state index contributed by atoms with van der Waals surface area (Å²) in [7, 11) is 0. The van der Waals surface area contributed by atoms with Crippen molar-refractivity contribution < 1.29 is 4.79 Å². The van der Waals surface area contributed by atoms with Gasteiger partial charge >= 0.3 is 0 Å². The Morgan fingerprint density at radius 3 is 2.47 bits per heavy atom. The molecule has 2 rings (SSSR count). The minimum atomic E-state index is -0.385. The molecule has 2 aliphatic rings. The van der Waals surface area contributed by atoms with Gasteiger partial charge in [0.2, 0.25) is 5.91 Å². The van der Waals surface area contributed by atoms with Crippen LogP contribution in [0.3, 0.4) is 0 Å². The van der Waals surface area contributed by atoms with Gasteiger partial charge in [-0.1, -0.05) is 13.3 Å². The minimum absolute atomic E-state index is 0.191. The number of hydrogen-bond donors (Lipinski definition) is 2. The highest BCUT2D eigenvalue weighted by Crippen LogP contribution is 2.48. The van der Waals surface area contributed by atoms with Crippen LogP contribution in [0.25, 0.3) is 0 Å². The summed E-state index contributed by atoms with van der Waals surface area (Å²) in [6, 6.07) is 0. The van der Waals surface area contributed by atoms with Gasteiger partial charge in [-0.25, -0.2) is 0 Å². The first-order chi connectivity index (χ1) is 9.00. The molecule has 0 aromatic rings. The van der Waals surface area contributed by atoms with E-state index in [1.165, 1.54) is 25.7 Å². The number of carbonyl (C=O) groups excluding carboxylic acids is 1. The third-order valence-corrected chi connectivity index (χ3v) is 4.82. The van der Waals surface area contributed by atoms with Gasteiger partial charge in [0.15, 0.2) is 0 Å². The molecule has 2 fully saturated rings. The molecule has 1 saturated carbocycles. The van der Waals surface area contributed by atoms with Gasteiger partial charge in [-0.2, -0.15) is 0 Å². The lowest BCUT2D eigenvalue weighted by Gasteiger charge is -2.40. The maximum atomic E-state index is 12.5. The van der Waals surface area contributed by atoms with Gasteiger partial charge in [0.05, 0.1) is 5.54 Å². The third kappa shape index (κ3) is 3.48. The van der Waals surface area contributed by atoms with Crippen LogP contribution < -0.4 is 10.6 Å². The van der Waals surface area contributed by atoms with E-state index >= 15 is 0 Å². The second kappa shape index (κ2) is 5.80. The highest BCUT2D eigenvalue weighted by atomic mass is 16.2. The van der Waals surface area contributed by atoms with E-state index in [2.05, 4.69) is 22.5 Å². The Kier molecular flexibility index (Phi) is 4.51. The number of nitrogens with zero attached hydrogens (tertiary/aromatic N) is 1. The molecule has 0 aromatic heterocycles. The first-order valence-electron chi connectivity index (χ1n) is 7.74. The highest BCUT2D eigenvalue weighted by Gasteiger charge is 2.43. The number of hydrogen-bond acceptors (Lipinski definition) is 3. The van der Waals surface area contributed by atoms with E-state index in [-0.39, 0.29) is 11.4 Å². The molecule has 0 bridgehead atoms. The van der Waals surface area contributed by atoms with Crippen molar-refractivity contribution in [2.75, 3.05) is 32.7 Å². The molecule has 2 N–H and O–H groups in total. The largest absolute Gasteiger partial charge is 0.354 e. The van der Waals surface area contributed by atoms with E-state index in [1.54, 1.807) is 0 Å². The van der Waals surface area contributed by atoms with E-state index in [0.717, 1.165) is 32.7 Å². The molecule has 4 nitrogen and oxygen atoms in total. The molecule has 0 aromatic carbocycles. The highest BCUT2D eigenvalue weighted by molar-refractivity contribution is 5.85. The summed E-state index contributed by atoms with van der Waals surface area (Å²) < 4.78 is 0. The molecule has 1 aliphatic heterocycles. The maximum Gasteiger partial charge on any atom is 0.239 e. The van der Waals surface area contributed by atoms with Crippen LogP contribution in [0.15, 0.2) is 0 Å². The summed E-state index contributed by atoms with van der Waals surface area (Å²) in [5, 5.41) is 6.54. The standard InChI is InChI=1S/C15H29N3O/c1-4-5-15(6-7-15)12-17-13(19)14(2,3)18-10-8-16-9-11-18/h16H,4-12H2,1-3H3,(H,17,19). The van der Waals surface area contributed by atoms with Crippen LogP contribution in [-0.2, 0) is 4.79 Å². The van der Waals surface area contributed by atoms with Gasteiger partial charge in [-0.3, -0.25) is 9.69 Å². The normalized spacial score (nSPS) is 23.1. The average Bonchev–Trinajstić information content (AvgIpc) is 3.17. The molecular weight excluding hydrogens is 238 g/mol. The van der Waals surface area contributed by atoms with E-state index < -0.39 is 0 Å². The Bertz CT molecular complexity index is 317. The van der Waals surface area contributed by atoms with Crippen LogP contribution in [0, 0.1) is 5.41 Å². The monoisotopic (exact) mass is 267 g/mol. The van der Waals surface area contributed by atoms with E-state index in [1.807, 2.05) is 13.8 Å². The predicted molar refractivity (Wildman–Crippen MR) is 78.1 cm³/mol. The van der Waals surface area contributed by atoms with Gasteiger partial charge in [0.25, 0.3) is 0 Å². The molecule has 1 amide bonds. The fourth-order valence-electron chi connectivity index (χ4n) is 3.07. The lowest BCUT2D eigenvalue weighted by Crippen LogP contribution is -2.60. The molecule has 110 valence electrons. The zero-order valence-corrected chi connectivity index (χ0v) is 12.7. The number of rotatable bonds is 6. The summed E-state index contributed by atoms with van der Waals surface area (Å²) in [4.78, 5) is 14.8. The molecule has 1 aliphatic carbocycles. The van der Waals surface area contributed by atoms with Crippen LogP contribution in [0.2, 0.25) is 0 Å². The average molecular weight is 267 g/mol. The summed E-state index contributed by atoms with van der Waals surface area (Å²) in [5.74, 6) is 0.191. The zero-order valence-electron chi connectivity index (χ0n) is 12.7. The SMILES string of the molecule is CCCC1(CNC(=O)C(C)(C)N2CCNCC2)CC1. The van der Waals surface area contributed by atoms with Crippen molar-refractivity contribution in [2.45, 2.75) is 52.0 Å². The Balaban J connectivity index is 1.84. The lowest BCUT2D eigenvalue weighted by atomic mass is 9.97. The molecular formula is C15H29N3O. The van der Waals surface area contributed by atoms with Crippen LogP contribution in [0.5, 0.6) is 0 Å². The van der Waals surface area contributed by atoms with Crippen molar-refractivity contribution in [1.82, 2.24) is 15.5 Å². The quantitative estimate of drug-likeness (QED) is 0.764. The Labute approximate surface area is 117 Å². The van der Waals surface area contributed by atoms with Crippen molar-refractivity contribution in [3.05, 3.63) is 0 Å². The molecule has 0 spiro atoms. The van der Waals surface area contributed by atoms with Crippen molar-refractivity contribution >= 4 is 5.91 Å². The molecule has 0 atom stereocenters. The van der Waals surface area contributed by atoms with Gasteiger partial charge in [-0.15, -0.1) is 0 Å². The summed E-state index contributed by atoms with van der Waals surface area (Å²) >= 11 is 0. The first-order valence-corrected chi connectivity index (χ1v) is 7.74. The Hall–Kier alpha value is -0.610. The predicted octanol–water partition coefficient (Wildman–Crippen LogP) is 1.37. The Morgan fingerprint density at radius 1 is 1.32 bits per heavy atom. The van der Waals surface area contributed by atoms with Gasteiger partial charge in [-0.05, 0) is 38.5 Å².